The zero-order chi connectivity index (χ0) is 11.7. The fourth-order valence-corrected chi connectivity index (χ4v) is 1.77. The van der Waals surface area contributed by atoms with Crippen LogP contribution in [-0.4, -0.2) is 9.67 Å². The Morgan fingerprint density at radius 1 is 1.31 bits per heavy atom. The Kier molecular flexibility index (Phi) is 2.79. The summed E-state index contributed by atoms with van der Waals surface area (Å²) in [6, 6.07) is 8.39. The third kappa shape index (κ3) is 1.86. The van der Waals surface area contributed by atoms with Crippen LogP contribution in [0.1, 0.15) is 22.9 Å². The van der Waals surface area contributed by atoms with Crippen LogP contribution in [0.2, 0.25) is 0 Å². The quantitative estimate of drug-likeness (QED) is 0.825. The second-order valence-electron chi connectivity index (χ2n) is 3.96. The van der Waals surface area contributed by atoms with Crippen LogP contribution < -0.4 is 0 Å². The van der Waals surface area contributed by atoms with Gasteiger partial charge >= 0.3 is 0 Å². The van der Waals surface area contributed by atoms with Crippen LogP contribution in [0.4, 0.5) is 4.39 Å². The number of hydrogen-bond acceptors (Lipinski definition) is 1. The van der Waals surface area contributed by atoms with Crippen molar-refractivity contribution in [2.45, 2.75) is 13.0 Å². The van der Waals surface area contributed by atoms with E-state index in [1.54, 1.807) is 19.1 Å². The smallest absolute Gasteiger partial charge is 0.126 e. The highest BCUT2D eigenvalue weighted by atomic mass is 19.1. The average molecular weight is 219 g/mol. The van der Waals surface area contributed by atoms with Gasteiger partial charge in [-0.25, -0.2) is 4.39 Å². The molecule has 0 bridgehead atoms. The molecule has 0 aliphatic heterocycles. The Morgan fingerprint density at radius 2 is 2.06 bits per heavy atom. The van der Waals surface area contributed by atoms with Gasteiger partial charge in [-0.05, 0) is 36.2 Å². The van der Waals surface area contributed by atoms with Crippen LogP contribution in [0.5, 0.6) is 0 Å². The topological polar surface area (TPSA) is 25.2 Å². The van der Waals surface area contributed by atoms with E-state index < -0.39 is 6.10 Å². The third-order valence-electron chi connectivity index (χ3n) is 2.76. The average Bonchev–Trinajstić information content (AvgIpc) is 2.67. The Hall–Kier alpha value is -1.61. The van der Waals surface area contributed by atoms with E-state index in [9.17, 15) is 9.50 Å². The molecule has 0 aliphatic carbocycles. The molecule has 1 aromatic heterocycles. The number of nitrogens with zero attached hydrogens (tertiary/aromatic N) is 1. The zero-order valence-corrected chi connectivity index (χ0v) is 9.31. The second-order valence-corrected chi connectivity index (χ2v) is 3.96. The van der Waals surface area contributed by atoms with Crippen molar-refractivity contribution in [3.05, 3.63) is 59.2 Å². The van der Waals surface area contributed by atoms with Crippen LogP contribution >= 0.6 is 0 Å². The van der Waals surface area contributed by atoms with E-state index in [0.29, 0.717) is 11.1 Å². The summed E-state index contributed by atoms with van der Waals surface area (Å²) in [6.07, 6.45) is 1.16. The van der Waals surface area contributed by atoms with Gasteiger partial charge in [0.2, 0.25) is 0 Å². The van der Waals surface area contributed by atoms with Crippen molar-refractivity contribution in [2.24, 2.45) is 7.05 Å². The molecule has 0 spiro atoms. The van der Waals surface area contributed by atoms with Gasteiger partial charge in [0.15, 0.2) is 0 Å². The van der Waals surface area contributed by atoms with Gasteiger partial charge in [0.05, 0.1) is 5.69 Å². The van der Waals surface area contributed by atoms with E-state index in [1.807, 2.05) is 29.9 Å². The summed E-state index contributed by atoms with van der Waals surface area (Å²) >= 11 is 0. The fraction of sp³-hybridized carbons (Fsp3) is 0.231. The molecular formula is C13H14FNO. The predicted octanol–water partition coefficient (Wildman–Crippen LogP) is 2.55. The number of hydrogen-bond donors (Lipinski definition) is 1. The fourth-order valence-electron chi connectivity index (χ4n) is 1.77. The van der Waals surface area contributed by atoms with Gasteiger partial charge in [0.25, 0.3) is 0 Å². The van der Waals surface area contributed by atoms with E-state index in [2.05, 4.69) is 0 Å². The Labute approximate surface area is 94.0 Å². The summed E-state index contributed by atoms with van der Waals surface area (Å²) in [5.74, 6) is -0.247. The molecule has 1 heterocycles. The SMILES string of the molecule is Cc1cc([C@@H](O)c2cccn2C)ccc1F. The number of aromatic nitrogens is 1. The molecule has 0 amide bonds. The van der Waals surface area contributed by atoms with Crippen LogP contribution in [0.3, 0.4) is 0 Å². The molecule has 0 saturated carbocycles. The van der Waals surface area contributed by atoms with Crippen LogP contribution in [-0.2, 0) is 7.05 Å². The zero-order valence-electron chi connectivity index (χ0n) is 9.31. The van der Waals surface area contributed by atoms with Crippen LogP contribution in [0.15, 0.2) is 36.5 Å². The lowest BCUT2D eigenvalue weighted by Gasteiger charge is -2.13. The minimum absolute atomic E-state index is 0.247. The maximum atomic E-state index is 13.1. The van der Waals surface area contributed by atoms with Crippen molar-refractivity contribution >= 4 is 0 Å². The lowest BCUT2D eigenvalue weighted by atomic mass is 10.0. The molecule has 0 fully saturated rings. The minimum atomic E-state index is -0.709. The maximum Gasteiger partial charge on any atom is 0.126 e. The van der Waals surface area contributed by atoms with Gasteiger partial charge in [0, 0.05) is 13.2 Å². The summed E-state index contributed by atoms with van der Waals surface area (Å²) in [4.78, 5) is 0. The monoisotopic (exact) mass is 219 g/mol. The summed E-state index contributed by atoms with van der Waals surface area (Å²) in [5, 5.41) is 10.1. The number of rotatable bonds is 2. The van der Waals surface area contributed by atoms with E-state index in [1.165, 1.54) is 6.07 Å². The van der Waals surface area contributed by atoms with Gasteiger partial charge in [0.1, 0.15) is 11.9 Å². The molecule has 1 atom stereocenters. The molecule has 0 aliphatic rings. The first-order chi connectivity index (χ1) is 7.59. The summed E-state index contributed by atoms with van der Waals surface area (Å²) < 4.78 is 14.9. The first-order valence-electron chi connectivity index (χ1n) is 5.15. The summed E-state index contributed by atoms with van der Waals surface area (Å²) in [5.41, 5.74) is 2.05. The Balaban J connectivity index is 2.38. The molecule has 2 aromatic rings. The Morgan fingerprint density at radius 3 is 2.62 bits per heavy atom. The third-order valence-corrected chi connectivity index (χ3v) is 2.76. The van der Waals surface area contributed by atoms with Crippen molar-refractivity contribution in [1.82, 2.24) is 4.57 Å². The highest BCUT2D eigenvalue weighted by molar-refractivity contribution is 5.30. The number of aryl methyl sites for hydroxylation is 2. The summed E-state index contributed by atoms with van der Waals surface area (Å²) in [6.45, 7) is 1.69. The molecule has 0 unspecified atom stereocenters. The van der Waals surface area contributed by atoms with Gasteiger partial charge in [-0.2, -0.15) is 0 Å². The standard InChI is InChI=1S/C13H14FNO/c1-9-8-10(5-6-11(9)14)13(16)12-4-3-7-15(12)2/h3-8,13,16H,1-2H3/t13-/m1/s1. The maximum absolute atomic E-state index is 13.1. The minimum Gasteiger partial charge on any atom is -0.382 e. The van der Waals surface area contributed by atoms with Crippen molar-refractivity contribution in [1.29, 1.82) is 0 Å². The van der Waals surface area contributed by atoms with Crippen molar-refractivity contribution in [2.75, 3.05) is 0 Å². The number of aliphatic hydroxyl groups excluding tert-OH is 1. The van der Waals surface area contributed by atoms with Crippen molar-refractivity contribution in [3.8, 4) is 0 Å². The lowest BCUT2D eigenvalue weighted by Crippen LogP contribution is -2.05. The molecule has 1 aromatic carbocycles. The number of aliphatic hydroxyl groups is 1. The normalized spacial score (nSPS) is 12.8. The van der Waals surface area contributed by atoms with E-state index >= 15 is 0 Å². The molecule has 16 heavy (non-hydrogen) atoms. The first-order valence-corrected chi connectivity index (χ1v) is 5.15. The molecule has 0 radical (unpaired) electrons. The number of halogens is 1. The van der Waals surface area contributed by atoms with Crippen LogP contribution in [0, 0.1) is 12.7 Å². The molecule has 2 rings (SSSR count). The van der Waals surface area contributed by atoms with Gasteiger partial charge in [-0.15, -0.1) is 0 Å². The van der Waals surface area contributed by atoms with E-state index in [4.69, 9.17) is 0 Å². The van der Waals surface area contributed by atoms with Gasteiger partial charge in [-0.1, -0.05) is 12.1 Å². The highest BCUT2D eigenvalue weighted by Crippen LogP contribution is 2.23. The van der Waals surface area contributed by atoms with Gasteiger partial charge < -0.3 is 9.67 Å². The Bertz CT molecular complexity index is 504. The van der Waals surface area contributed by atoms with Crippen LogP contribution in [0.25, 0.3) is 0 Å². The van der Waals surface area contributed by atoms with E-state index in [-0.39, 0.29) is 5.82 Å². The lowest BCUT2D eigenvalue weighted by molar-refractivity contribution is 0.211. The predicted molar refractivity (Wildman–Crippen MR) is 60.6 cm³/mol. The largest absolute Gasteiger partial charge is 0.382 e. The highest BCUT2D eigenvalue weighted by Gasteiger charge is 2.13. The molecule has 84 valence electrons. The molecule has 0 saturated heterocycles. The van der Waals surface area contributed by atoms with Crippen molar-refractivity contribution < 1.29 is 9.50 Å². The van der Waals surface area contributed by atoms with Gasteiger partial charge in [-0.3, -0.25) is 0 Å². The first kappa shape index (κ1) is 10.9. The second kappa shape index (κ2) is 4.10. The summed E-state index contributed by atoms with van der Waals surface area (Å²) in [7, 11) is 1.87. The molecular weight excluding hydrogens is 205 g/mol. The molecule has 2 nitrogen and oxygen atoms in total. The van der Waals surface area contributed by atoms with Crippen molar-refractivity contribution in [3.63, 3.8) is 0 Å². The van der Waals surface area contributed by atoms with E-state index in [0.717, 1.165) is 5.69 Å². The number of benzene rings is 1. The molecule has 3 heteroatoms. The molecule has 1 N–H and O–H groups in total.